The molecule has 0 heterocycles. The van der Waals surface area contributed by atoms with Crippen LogP contribution in [0, 0.1) is 18.2 Å². The lowest BCUT2D eigenvalue weighted by Gasteiger charge is -2.14. The van der Waals surface area contributed by atoms with E-state index in [4.69, 9.17) is 10.1 Å². The molecule has 1 aromatic carbocycles. The SMILES string of the molecule is CCOC(=N)C(O)c1cc(F)ccc1C. The molecule has 0 amide bonds. The Bertz CT molecular complexity index is 366. The van der Waals surface area contributed by atoms with Crippen LogP contribution >= 0.6 is 0 Å². The van der Waals surface area contributed by atoms with E-state index in [2.05, 4.69) is 0 Å². The van der Waals surface area contributed by atoms with Crippen LogP contribution in [-0.2, 0) is 4.74 Å². The maximum Gasteiger partial charge on any atom is 0.214 e. The maximum absolute atomic E-state index is 12.9. The fourth-order valence-electron chi connectivity index (χ4n) is 1.28. The molecule has 0 radical (unpaired) electrons. The quantitative estimate of drug-likeness (QED) is 0.594. The van der Waals surface area contributed by atoms with Gasteiger partial charge in [0.05, 0.1) is 6.61 Å². The van der Waals surface area contributed by atoms with E-state index in [-0.39, 0.29) is 5.90 Å². The summed E-state index contributed by atoms with van der Waals surface area (Å²) in [5.74, 6) is -0.690. The van der Waals surface area contributed by atoms with E-state index in [0.29, 0.717) is 12.2 Å². The number of ether oxygens (including phenoxy) is 1. The minimum absolute atomic E-state index is 0.258. The summed E-state index contributed by atoms with van der Waals surface area (Å²) in [4.78, 5) is 0. The molecule has 0 aliphatic heterocycles. The van der Waals surface area contributed by atoms with Gasteiger partial charge in [0, 0.05) is 0 Å². The standard InChI is InChI=1S/C11H14FNO2/c1-3-15-11(13)10(14)9-6-8(12)5-4-7(9)2/h4-6,10,13-14H,3H2,1-2H3. The molecule has 0 aliphatic carbocycles. The average molecular weight is 211 g/mol. The zero-order valence-corrected chi connectivity index (χ0v) is 8.75. The summed E-state index contributed by atoms with van der Waals surface area (Å²) in [6.45, 7) is 3.78. The molecule has 0 spiro atoms. The number of hydrogen-bond donors (Lipinski definition) is 2. The van der Waals surface area contributed by atoms with Crippen LogP contribution in [0.1, 0.15) is 24.2 Å². The third-order valence-electron chi connectivity index (χ3n) is 2.08. The lowest BCUT2D eigenvalue weighted by molar-refractivity contribution is 0.189. The zero-order chi connectivity index (χ0) is 11.4. The summed E-state index contributed by atoms with van der Waals surface area (Å²) < 4.78 is 17.8. The average Bonchev–Trinajstić information content (AvgIpc) is 2.21. The van der Waals surface area contributed by atoms with Crippen molar-refractivity contribution >= 4 is 5.90 Å². The summed E-state index contributed by atoms with van der Waals surface area (Å²) in [6, 6.07) is 4.09. The molecule has 82 valence electrons. The van der Waals surface area contributed by atoms with E-state index in [1.54, 1.807) is 19.9 Å². The van der Waals surface area contributed by atoms with Gasteiger partial charge in [-0.2, -0.15) is 0 Å². The lowest BCUT2D eigenvalue weighted by Crippen LogP contribution is -2.15. The number of aliphatic hydroxyl groups is 1. The van der Waals surface area contributed by atoms with Gasteiger partial charge in [-0.1, -0.05) is 6.07 Å². The first kappa shape index (κ1) is 11.7. The predicted octanol–water partition coefficient (Wildman–Crippen LogP) is 2.18. The molecule has 1 aromatic rings. The van der Waals surface area contributed by atoms with E-state index in [9.17, 15) is 9.50 Å². The van der Waals surface area contributed by atoms with E-state index < -0.39 is 11.9 Å². The first-order valence-electron chi connectivity index (χ1n) is 4.71. The second-order valence-electron chi connectivity index (χ2n) is 3.20. The zero-order valence-electron chi connectivity index (χ0n) is 8.75. The minimum Gasteiger partial charge on any atom is -0.479 e. The summed E-state index contributed by atoms with van der Waals surface area (Å²) in [6.07, 6.45) is -1.19. The minimum atomic E-state index is -1.19. The summed E-state index contributed by atoms with van der Waals surface area (Å²) in [5, 5.41) is 17.1. The van der Waals surface area contributed by atoms with E-state index in [0.717, 1.165) is 5.56 Å². The van der Waals surface area contributed by atoms with Gasteiger partial charge in [0.1, 0.15) is 5.82 Å². The first-order chi connectivity index (χ1) is 7.06. The van der Waals surface area contributed by atoms with E-state index in [1.807, 2.05) is 0 Å². The number of rotatable bonds is 3. The fraction of sp³-hybridized carbons (Fsp3) is 0.364. The van der Waals surface area contributed by atoms with Crippen molar-refractivity contribution in [1.82, 2.24) is 0 Å². The molecule has 0 aliphatic rings. The lowest BCUT2D eigenvalue weighted by atomic mass is 10.0. The Kier molecular flexibility index (Phi) is 3.80. The second-order valence-corrected chi connectivity index (χ2v) is 3.20. The number of halogens is 1. The maximum atomic E-state index is 12.9. The molecule has 1 atom stereocenters. The molecule has 2 N–H and O–H groups in total. The van der Waals surface area contributed by atoms with Gasteiger partial charge in [0.2, 0.25) is 5.90 Å². The Morgan fingerprint density at radius 3 is 2.87 bits per heavy atom. The van der Waals surface area contributed by atoms with Gasteiger partial charge in [-0.15, -0.1) is 0 Å². The van der Waals surface area contributed by atoms with Crippen LogP contribution in [0.15, 0.2) is 18.2 Å². The fourth-order valence-corrected chi connectivity index (χ4v) is 1.28. The van der Waals surface area contributed by atoms with Crippen LogP contribution in [-0.4, -0.2) is 17.6 Å². The van der Waals surface area contributed by atoms with Crippen LogP contribution in [0.3, 0.4) is 0 Å². The van der Waals surface area contributed by atoms with Crippen molar-refractivity contribution in [3.63, 3.8) is 0 Å². The van der Waals surface area contributed by atoms with Gasteiger partial charge in [-0.25, -0.2) is 4.39 Å². The monoisotopic (exact) mass is 211 g/mol. The van der Waals surface area contributed by atoms with Crippen molar-refractivity contribution in [3.05, 3.63) is 35.1 Å². The van der Waals surface area contributed by atoms with Crippen LogP contribution in [0.4, 0.5) is 4.39 Å². The molecule has 0 fully saturated rings. The molecule has 1 unspecified atom stereocenters. The summed E-state index contributed by atoms with van der Waals surface area (Å²) in [5.41, 5.74) is 1.10. The van der Waals surface area contributed by atoms with Gasteiger partial charge in [0.25, 0.3) is 0 Å². The van der Waals surface area contributed by atoms with Crippen molar-refractivity contribution in [2.45, 2.75) is 20.0 Å². The molecular weight excluding hydrogens is 197 g/mol. The van der Waals surface area contributed by atoms with E-state index >= 15 is 0 Å². The molecule has 3 nitrogen and oxygen atoms in total. The van der Waals surface area contributed by atoms with Crippen LogP contribution in [0.2, 0.25) is 0 Å². The molecule has 4 heteroatoms. The molecule has 0 bridgehead atoms. The van der Waals surface area contributed by atoms with Crippen LogP contribution in [0.25, 0.3) is 0 Å². The normalized spacial score (nSPS) is 12.3. The Balaban J connectivity index is 2.94. The summed E-state index contributed by atoms with van der Waals surface area (Å²) in [7, 11) is 0. The highest BCUT2D eigenvalue weighted by Gasteiger charge is 2.17. The Hall–Kier alpha value is -1.42. The number of hydrogen-bond acceptors (Lipinski definition) is 3. The third kappa shape index (κ3) is 2.76. The summed E-state index contributed by atoms with van der Waals surface area (Å²) >= 11 is 0. The Labute approximate surface area is 88.0 Å². The predicted molar refractivity (Wildman–Crippen MR) is 55.4 cm³/mol. The topological polar surface area (TPSA) is 53.3 Å². The van der Waals surface area contributed by atoms with Crippen LogP contribution < -0.4 is 0 Å². The Morgan fingerprint density at radius 1 is 1.60 bits per heavy atom. The molecule has 0 saturated carbocycles. The smallest absolute Gasteiger partial charge is 0.214 e. The largest absolute Gasteiger partial charge is 0.479 e. The molecule has 1 rings (SSSR count). The Morgan fingerprint density at radius 2 is 2.27 bits per heavy atom. The van der Waals surface area contributed by atoms with Crippen molar-refractivity contribution in [2.24, 2.45) is 0 Å². The number of aliphatic hydroxyl groups excluding tert-OH is 1. The molecule has 0 aromatic heterocycles. The van der Waals surface area contributed by atoms with E-state index in [1.165, 1.54) is 12.1 Å². The number of nitrogens with one attached hydrogen (secondary N) is 1. The van der Waals surface area contributed by atoms with Gasteiger partial charge in [0.15, 0.2) is 6.10 Å². The van der Waals surface area contributed by atoms with Gasteiger partial charge in [-0.3, -0.25) is 5.41 Å². The van der Waals surface area contributed by atoms with Gasteiger partial charge < -0.3 is 9.84 Å². The molecule has 15 heavy (non-hydrogen) atoms. The second kappa shape index (κ2) is 4.89. The molecule has 0 saturated heterocycles. The number of aryl methyl sites for hydroxylation is 1. The van der Waals surface area contributed by atoms with Crippen molar-refractivity contribution in [3.8, 4) is 0 Å². The number of benzene rings is 1. The van der Waals surface area contributed by atoms with Crippen molar-refractivity contribution < 1.29 is 14.2 Å². The first-order valence-corrected chi connectivity index (χ1v) is 4.71. The van der Waals surface area contributed by atoms with Gasteiger partial charge >= 0.3 is 0 Å². The van der Waals surface area contributed by atoms with Crippen LogP contribution in [0.5, 0.6) is 0 Å². The highest BCUT2D eigenvalue weighted by atomic mass is 19.1. The van der Waals surface area contributed by atoms with Crippen molar-refractivity contribution in [1.29, 1.82) is 5.41 Å². The highest BCUT2D eigenvalue weighted by Crippen LogP contribution is 2.20. The molecular formula is C11H14FNO2. The van der Waals surface area contributed by atoms with Gasteiger partial charge in [-0.05, 0) is 37.1 Å². The third-order valence-corrected chi connectivity index (χ3v) is 2.08. The highest BCUT2D eigenvalue weighted by molar-refractivity contribution is 5.79. The van der Waals surface area contributed by atoms with Crippen molar-refractivity contribution in [2.75, 3.05) is 6.61 Å².